The number of rotatable bonds is 4. The number of hydrogen-bond acceptors (Lipinski definition) is 3. The molecule has 0 unspecified atom stereocenters. The van der Waals surface area contributed by atoms with Crippen molar-refractivity contribution < 1.29 is 0 Å². The summed E-state index contributed by atoms with van der Waals surface area (Å²) in [6.07, 6.45) is 5.64. The molecule has 3 rings (SSSR count). The number of fused-ring (bicyclic) bond motifs is 1. The molecule has 3 aromatic rings. The van der Waals surface area contributed by atoms with Gasteiger partial charge in [0.25, 0.3) is 0 Å². The largest absolute Gasteiger partial charge is 0.313 e. The second-order valence-corrected chi connectivity index (χ2v) is 4.77. The van der Waals surface area contributed by atoms with E-state index in [0.29, 0.717) is 0 Å². The van der Waals surface area contributed by atoms with Gasteiger partial charge in [-0.15, -0.1) is 0 Å². The van der Waals surface area contributed by atoms with Crippen LogP contribution in [0.3, 0.4) is 0 Å². The molecular formula is C17H17N3. The highest BCUT2D eigenvalue weighted by atomic mass is 14.8. The molecule has 0 saturated heterocycles. The van der Waals surface area contributed by atoms with Crippen LogP contribution < -0.4 is 5.32 Å². The zero-order valence-electron chi connectivity index (χ0n) is 11.5. The Kier molecular flexibility index (Phi) is 3.70. The Labute approximate surface area is 118 Å². The van der Waals surface area contributed by atoms with E-state index in [1.807, 2.05) is 24.7 Å². The van der Waals surface area contributed by atoms with Crippen molar-refractivity contribution in [3.63, 3.8) is 0 Å². The third kappa shape index (κ3) is 2.68. The lowest BCUT2D eigenvalue weighted by Gasteiger charge is -2.06. The van der Waals surface area contributed by atoms with Crippen LogP contribution in [0.25, 0.3) is 22.0 Å². The fraction of sp³-hybridized carbons (Fsp3) is 0.176. The molecule has 0 bridgehead atoms. The van der Waals surface area contributed by atoms with Gasteiger partial charge < -0.3 is 5.32 Å². The van der Waals surface area contributed by atoms with Crippen LogP contribution >= 0.6 is 0 Å². The Morgan fingerprint density at radius 1 is 1.05 bits per heavy atom. The summed E-state index contributed by atoms with van der Waals surface area (Å²) in [4.78, 5) is 8.69. The second kappa shape index (κ2) is 5.80. The maximum absolute atomic E-state index is 4.35. The van der Waals surface area contributed by atoms with E-state index in [0.717, 1.165) is 29.6 Å². The number of pyridine rings is 2. The number of nitrogens with zero attached hydrogens (tertiary/aromatic N) is 2. The van der Waals surface area contributed by atoms with Crippen molar-refractivity contribution in [3.05, 3.63) is 60.6 Å². The normalized spacial score (nSPS) is 10.8. The van der Waals surface area contributed by atoms with E-state index < -0.39 is 0 Å². The Morgan fingerprint density at radius 3 is 2.90 bits per heavy atom. The lowest BCUT2D eigenvalue weighted by atomic mass is 10.0. The van der Waals surface area contributed by atoms with Gasteiger partial charge in [-0.1, -0.05) is 19.1 Å². The van der Waals surface area contributed by atoms with Crippen LogP contribution in [-0.4, -0.2) is 16.5 Å². The zero-order valence-corrected chi connectivity index (χ0v) is 11.5. The van der Waals surface area contributed by atoms with Gasteiger partial charge >= 0.3 is 0 Å². The van der Waals surface area contributed by atoms with E-state index >= 15 is 0 Å². The maximum Gasteiger partial charge on any atom is 0.0702 e. The number of aromatic nitrogens is 2. The summed E-state index contributed by atoms with van der Waals surface area (Å²) in [5, 5.41) is 4.48. The highest BCUT2D eigenvalue weighted by molar-refractivity contribution is 5.84. The third-order valence-electron chi connectivity index (χ3n) is 3.31. The van der Waals surface area contributed by atoms with Gasteiger partial charge in [-0.2, -0.15) is 0 Å². The minimum atomic E-state index is 0.854. The fourth-order valence-electron chi connectivity index (χ4n) is 2.27. The first-order valence-corrected chi connectivity index (χ1v) is 6.86. The van der Waals surface area contributed by atoms with Crippen LogP contribution in [0.15, 0.2) is 55.0 Å². The first kappa shape index (κ1) is 12.8. The smallest absolute Gasteiger partial charge is 0.0702 e. The predicted octanol–water partition coefficient (Wildman–Crippen LogP) is 3.41. The average Bonchev–Trinajstić information content (AvgIpc) is 2.53. The lowest BCUT2D eigenvalue weighted by Crippen LogP contribution is -2.11. The molecule has 0 spiro atoms. The van der Waals surface area contributed by atoms with Crippen LogP contribution in [0.1, 0.15) is 12.5 Å². The molecule has 3 heteroatoms. The predicted molar refractivity (Wildman–Crippen MR) is 82.4 cm³/mol. The molecule has 100 valence electrons. The number of hydrogen-bond donors (Lipinski definition) is 1. The van der Waals surface area contributed by atoms with E-state index in [4.69, 9.17) is 0 Å². The molecule has 0 amide bonds. The van der Waals surface area contributed by atoms with Gasteiger partial charge in [-0.3, -0.25) is 9.97 Å². The quantitative estimate of drug-likeness (QED) is 0.784. The van der Waals surface area contributed by atoms with Crippen molar-refractivity contribution in [2.75, 3.05) is 6.54 Å². The van der Waals surface area contributed by atoms with Crippen molar-refractivity contribution in [2.45, 2.75) is 13.5 Å². The second-order valence-electron chi connectivity index (χ2n) is 4.77. The minimum absolute atomic E-state index is 0.854. The lowest BCUT2D eigenvalue weighted by molar-refractivity contribution is 0.724. The van der Waals surface area contributed by atoms with E-state index in [1.54, 1.807) is 0 Å². The van der Waals surface area contributed by atoms with E-state index in [2.05, 4.69) is 52.5 Å². The highest BCUT2D eigenvalue weighted by Crippen LogP contribution is 2.23. The van der Waals surface area contributed by atoms with Crippen LogP contribution in [0, 0.1) is 0 Å². The molecule has 0 aliphatic carbocycles. The molecule has 0 atom stereocenters. The monoisotopic (exact) mass is 263 g/mol. The molecule has 0 radical (unpaired) electrons. The third-order valence-corrected chi connectivity index (χ3v) is 3.31. The first-order chi connectivity index (χ1) is 9.86. The first-order valence-electron chi connectivity index (χ1n) is 6.86. The minimum Gasteiger partial charge on any atom is -0.313 e. The van der Waals surface area contributed by atoms with Crippen molar-refractivity contribution in [1.82, 2.24) is 15.3 Å². The Hall–Kier alpha value is -2.26. The standard InChI is InChI=1S/C17H17N3/c1-2-18-10-13-8-16(12-19-11-13)14-5-6-17-15(9-14)4-3-7-20-17/h3-9,11-12,18H,2,10H2,1H3. The summed E-state index contributed by atoms with van der Waals surface area (Å²) in [7, 11) is 0. The molecule has 2 heterocycles. The molecule has 3 nitrogen and oxygen atoms in total. The average molecular weight is 263 g/mol. The maximum atomic E-state index is 4.35. The topological polar surface area (TPSA) is 37.8 Å². The summed E-state index contributed by atoms with van der Waals surface area (Å²) in [6, 6.07) is 12.6. The fourth-order valence-corrected chi connectivity index (χ4v) is 2.27. The molecule has 0 fully saturated rings. The SMILES string of the molecule is CCNCc1cncc(-c2ccc3ncccc3c2)c1. The van der Waals surface area contributed by atoms with Gasteiger partial charge in [0, 0.05) is 36.1 Å². The van der Waals surface area contributed by atoms with Crippen LogP contribution in [-0.2, 0) is 6.54 Å². The molecule has 1 N–H and O–H groups in total. The summed E-state index contributed by atoms with van der Waals surface area (Å²) >= 11 is 0. The van der Waals surface area contributed by atoms with Crippen molar-refractivity contribution in [2.24, 2.45) is 0 Å². The summed E-state index contributed by atoms with van der Waals surface area (Å²) in [5.41, 5.74) is 4.55. The van der Waals surface area contributed by atoms with E-state index in [1.165, 1.54) is 11.1 Å². The van der Waals surface area contributed by atoms with Crippen LogP contribution in [0.5, 0.6) is 0 Å². The van der Waals surface area contributed by atoms with Crippen LogP contribution in [0.2, 0.25) is 0 Å². The van der Waals surface area contributed by atoms with Crippen molar-refractivity contribution in [1.29, 1.82) is 0 Å². The summed E-state index contributed by atoms with van der Waals surface area (Å²) in [5.74, 6) is 0. The van der Waals surface area contributed by atoms with E-state index in [9.17, 15) is 0 Å². The molecule has 2 aromatic heterocycles. The Morgan fingerprint density at radius 2 is 2.00 bits per heavy atom. The molecular weight excluding hydrogens is 246 g/mol. The zero-order chi connectivity index (χ0) is 13.8. The van der Waals surface area contributed by atoms with Gasteiger partial charge in [0.1, 0.15) is 0 Å². The Balaban J connectivity index is 1.97. The van der Waals surface area contributed by atoms with Crippen molar-refractivity contribution >= 4 is 10.9 Å². The van der Waals surface area contributed by atoms with Crippen molar-refractivity contribution in [3.8, 4) is 11.1 Å². The molecule has 20 heavy (non-hydrogen) atoms. The van der Waals surface area contributed by atoms with Crippen LogP contribution in [0.4, 0.5) is 0 Å². The van der Waals surface area contributed by atoms with Gasteiger partial charge in [-0.25, -0.2) is 0 Å². The Bertz CT molecular complexity index is 722. The number of nitrogens with one attached hydrogen (secondary N) is 1. The van der Waals surface area contributed by atoms with Gasteiger partial charge in [0.15, 0.2) is 0 Å². The van der Waals surface area contributed by atoms with Gasteiger partial charge in [0.2, 0.25) is 0 Å². The number of benzene rings is 1. The summed E-state index contributed by atoms with van der Waals surface area (Å²) < 4.78 is 0. The molecule has 0 saturated carbocycles. The highest BCUT2D eigenvalue weighted by Gasteiger charge is 2.02. The van der Waals surface area contributed by atoms with Gasteiger partial charge in [0.05, 0.1) is 5.52 Å². The summed E-state index contributed by atoms with van der Waals surface area (Å²) in [6.45, 7) is 3.92. The van der Waals surface area contributed by atoms with Gasteiger partial charge in [-0.05, 0) is 41.9 Å². The molecule has 0 aliphatic rings. The van der Waals surface area contributed by atoms with E-state index in [-0.39, 0.29) is 0 Å². The molecule has 0 aliphatic heterocycles. The molecule has 1 aromatic carbocycles.